The molecule has 0 fully saturated rings. The van der Waals surface area contributed by atoms with E-state index in [-0.39, 0.29) is 29.9 Å². The summed E-state index contributed by atoms with van der Waals surface area (Å²) in [6.45, 7) is 3.71. The van der Waals surface area contributed by atoms with E-state index < -0.39 is 5.97 Å². The molecular weight excluding hydrogens is 260 g/mol. The van der Waals surface area contributed by atoms with Gasteiger partial charge in [-0.15, -0.1) is 0 Å². The molecule has 20 heavy (non-hydrogen) atoms. The SMILES string of the molecule is CCC(C)NC(=O)COc1ccc(N)cc1C(=O)OC. The Balaban J connectivity index is 2.72. The van der Waals surface area contributed by atoms with Crippen molar-refractivity contribution in [3.8, 4) is 5.75 Å². The van der Waals surface area contributed by atoms with Crippen molar-refractivity contribution in [2.45, 2.75) is 26.3 Å². The highest BCUT2D eigenvalue weighted by molar-refractivity contribution is 5.93. The van der Waals surface area contributed by atoms with Gasteiger partial charge in [0.1, 0.15) is 11.3 Å². The summed E-state index contributed by atoms with van der Waals surface area (Å²) < 4.78 is 10.00. The summed E-state index contributed by atoms with van der Waals surface area (Å²) in [4.78, 5) is 23.2. The van der Waals surface area contributed by atoms with Gasteiger partial charge in [-0.1, -0.05) is 6.92 Å². The predicted molar refractivity (Wildman–Crippen MR) is 75.6 cm³/mol. The van der Waals surface area contributed by atoms with Gasteiger partial charge in [0.05, 0.1) is 7.11 Å². The molecule has 0 saturated carbocycles. The number of benzene rings is 1. The van der Waals surface area contributed by atoms with E-state index >= 15 is 0 Å². The summed E-state index contributed by atoms with van der Waals surface area (Å²) in [5, 5.41) is 2.77. The van der Waals surface area contributed by atoms with Crippen LogP contribution < -0.4 is 15.8 Å². The molecule has 1 aromatic rings. The highest BCUT2D eigenvalue weighted by atomic mass is 16.5. The van der Waals surface area contributed by atoms with Crippen LogP contribution in [0.1, 0.15) is 30.6 Å². The fourth-order valence-electron chi connectivity index (χ4n) is 1.50. The highest BCUT2D eigenvalue weighted by Gasteiger charge is 2.15. The van der Waals surface area contributed by atoms with Gasteiger partial charge in [0.25, 0.3) is 5.91 Å². The van der Waals surface area contributed by atoms with E-state index in [1.165, 1.54) is 19.2 Å². The topological polar surface area (TPSA) is 90.6 Å². The summed E-state index contributed by atoms with van der Waals surface area (Å²) >= 11 is 0. The molecule has 110 valence electrons. The monoisotopic (exact) mass is 280 g/mol. The van der Waals surface area contributed by atoms with Crippen molar-refractivity contribution in [1.82, 2.24) is 5.32 Å². The fraction of sp³-hybridized carbons (Fsp3) is 0.429. The average Bonchev–Trinajstić information content (AvgIpc) is 2.44. The number of carbonyl (C=O) groups is 2. The standard InChI is InChI=1S/C14H20N2O4/c1-4-9(2)16-13(17)8-20-12-6-5-10(15)7-11(12)14(18)19-3/h5-7,9H,4,8,15H2,1-3H3,(H,16,17). The second kappa shape index (κ2) is 7.37. The van der Waals surface area contributed by atoms with E-state index in [2.05, 4.69) is 10.1 Å². The highest BCUT2D eigenvalue weighted by Crippen LogP contribution is 2.22. The molecule has 0 aromatic heterocycles. The number of hydrogen-bond donors (Lipinski definition) is 2. The largest absolute Gasteiger partial charge is 0.483 e. The molecule has 1 amide bonds. The number of ether oxygens (including phenoxy) is 2. The van der Waals surface area contributed by atoms with Crippen molar-refractivity contribution in [1.29, 1.82) is 0 Å². The van der Waals surface area contributed by atoms with Gasteiger partial charge in [-0.2, -0.15) is 0 Å². The summed E-state index contributed by atoms with van der Waals surface area (Å²) in [6, 6.07) is 4.66. The lowest BCUT2D eigenvalue weighted by Crippen LogP contribution is -2.35. The predicted octanol–water partition coefficient (Wildman–Crippen LogP) is 1.35. The third-order valence-corrected chi connectivity index (χ3v) is 2.79. The zero-order valence-corrected chi connectivity index (χ0v) is 11.9. The van der Waals surface area contributed by atoms with Gasteiger partial charge in [-0.25, -0.2) is 4.79 Å². The molecule has 0 radical (unpaired) electrons. The Morgan fingerprint density at radius 2 is 2.10 bits per heavy atom. The van der Waals surface area contributed by atoms with Crippen LogP contribution in [0.15, 0.2) is 18.2 Å². The summed E-state index contributed by atoms with van der Waals surface area (Å²) in [6.07, 6.45) is 0.834. The summed E-state index contributed by atoms with van der Waals surface area (Å²) in [7, 11) is 1.27. The molecule has 6 heteroatoms. The van der Waals surface area contributed by atoms with Crippen molar-refractivity contribution in [2.24, 2.45) is 0 Å². The van der Waals surface area contributed by atoms with E-state index in [0.29, 0.717) is 5.69 Å². The fourth-order valence-corrected chi connectivity index (χ4v) is 1.50. The van der Waals surface area contributed by atoms with Gasteiger partial charge >= 0.3 is 5.97 Å². The first-order valence-corrected chi connectivity index (χ1v) is 6.38. The molecule has 1 unspecified atom stereocenters. The van der Waals surface area contributed by atoms with Crippen molar-refractivity contribution in [3.63, 3.8) is 0 Å². The number of methoxy groups -OCH3 is 1. The van der Waals surface area contributed by atoms with E-state index in [0.717, 1.165) is 6.42 Å². The summed E-state index contributed by atoms with van der Waals surface area (Å²) in [5.41, 5.74) is 6.23. The molecule has 0 aliphatic heterocycles. The minimum atomic E-state index is -0.561. The third-order valence-electron chi connectivity index (χ3n) is 2.79. The molecule has 3 N–H and O–H groups in total. The molecule has 0 bridgehead atoms. The number of amides is 1. The van der Waals surface area contributed by atoms with Crippen molar-refractivity contribution >= 4 is 17.6 Å². The van der Waals surface area contributed by atoms with Crippen LogP contribution in [0.2, 0.25) is 0 Å². The van der Waals surface area contributed by atoms with E-state index in [1.54, 1.807) is 6.07 Å². The number of anilines is 1. The van der Waals surface area contributed by atoms with Gasteiger partial charge in [0.2, 0.25) is 0 Å². The quantitative estimate of drug-likeness (QED) is 0.606. The molecule has 0 aliphatic carbocycles. The number of nitrogens with two attached hydrogens (primary N) is 1. The van der Waals surface area contributed by atoms with Crippen molar-refractivity contribution in [2.75, 3.05) is 19.5 Å². The molecule has 0 saturated heterocycles. The maximum atomic E-state index is 11.6. The van der Waals surface area contributed by atoms with Crippen LogP contribution in [-0.2, 0) is 9.53 Å². The van der Waals surface area contributed by atoms with E-state index in [1.807, 2.05) is 13.8 Å². The Kier molecular flexibility index (Phi) is 5.83. The lowest BCUT2D eigenvalue weighted by Gasteiger charge is -2.13. The van der Waals surface area contributed by atoms with Crippen LogP contribution in [-0.4, -0.2) is 31.6 Å². The van der Waals surface area contributed by atoms with Gasteiger partial charge < -0.3 is 20.5 Å². The molecule has 1 aromatic carbocycles. The maximum Gasteiger partial charge on any atom is 0.341 e. The van der Waals surface area contributed by atoms with Crippen LogP contribution in [0, 0.1) is 0 Å². The molecule has 0 aliphatic rings. The minimum absolute atomic E-state index is 0.0811. The van der Waals surface area contributed by atoms with Crippen LogP contribution in [0.5, 0.6) is 5.75 Å². The second-order valence-electron chi connectivity index (χ2n) is 4.41. The van der Waals surface area contributed by atoms with Gasteiger partial charge in [0, 0.05) is 11.7 Å². The number of rotatable bonds is 6. The Morgan fingerprint density at radius 3 is 2.70 bits per heavy atom. The first kappa shape index (κ1) is 15.8. The van der Waals surface area contributed by atoms with Crippen molar-refractivity contribution < 1.29 is 19.1 Å². The number of hydrogen-bond acceptors (Lipinski definition) is 5. The zero-order valence-electron chi connectivity index (χ0n) is 11.9. The van der Waals surface area contributed by atoms with Crippen LogP contribution >= 0.6 is 0 Å². The molecule has 0 heterocycles. The van der Waals surface area contributed by atoms with Crippen LogP contribution in [0.25, 0.3) is 0 Å². The first-order valence-electron chi connectivity index (χ1n) is 6.38. The van der Waals surface area contributed by atoms with Crippen LogP contribution in [0.3, 0.4) is 0 Å². The Morgan fingerprint density at radius 1 is 1.40 bits per heavy atom. The summed E-state index contributed by atoms with van der Waals surface area (Å²) in [5.74, 6) is -0.535. The zero-order chi connectivity index (χ0) is 15.1. The Bertz CT molecular complexity index is 488. The average molecular weight is 280 g/mol. The molecule has 0 spiro atoms. The van der Waals surface area contributed by atoms with E-state index in [4.69, 9.17) is 10.5 Å². The number of esters is 1. The lowest BCUT2D eigenvalue weighted by atomic mass is 10.2. The lowest BCUT2D eigenvalue weighted by molar-refractivity contribution is -0.123. The first-order chi connectivity index (χ1) is 9.47. The van der Waals surface area contributed by atoms with Gasteiger partial charge in [-0.3, -0.25) is 4.79 Å². The number of carbonyl (C=O) groups excluding carboxylic acids is 2. The maximum absolute atomic E-state index is 11.6. The minimum Gasteiger partial charge on any atom is -0.483 e. The van der Waals surface area contributed by atoms with Crippen LogP contribution in [0.4, 0.5) is 5.69 Å². The molecule has 6 nitrogen and oxygen atoms in total. The van der Waals surface area contributed by atoms with Crippen molar-refractivity contribution in [3.05, 3.63) is 23.8 Å². The third kappa shape index (κ3) is 4.46. The Labute approximate surface area is 118 Å². The van der Waals surface area contributed by atoms with E-state index in [9.17, 15) is 9.59 Å². The van der Waals surface area contributed by atoms with Gasteiger partial charge in [0.15, 0.2) is 6.61 Å². The smallest absolute Gasteiger partial charge is 0.341 e. The molecular formula is C14H20N2O4. The normalized spacial score (nSPS) is 11.6. The molecule has 1 atom stereocenters. The second-order valence-corrected chi connectivity index (χ2v) is 4.41. The Hall–Kier alpha value is -2.24. The van der Waals surface area contributed by atoms with Gasteiger partial charge in [-0.05, 0) is 31.5 Å². The number of nitrogen functional groups attached to an aromatic ring is 1. The number of nitrogens with one attached hydrogen (secondary N) is 1. The molecule has 1 rings (SSSR count).